The van der Waals surface area contributed by atoms with E-state index in [0.29, 0.717) is 0 Å². The Morgan fingerprint density at radius 3 is 2.38 bits per heavy atom. The Kier molecular flexibility index (Phi) is 5.40. The van der Waals surface area contributed by atoms with Crippen molar-refractivity contribution in [1.29, 1.82) is 0 Å². The Labute approximate surface area is 122 Å². The number of rotatable bonds is 5. The molecular formula is C14H19N3O4. The number of pyridine rings is 1. The van der Waals surface area contributed by atoms with Gasteiger partial charge in [-0.2, -0.15) is 0 Å². The van der Waals surface area contributed by atoms with Gasteiger partial charge in [0.15, 0.2) is 0 Å². The molecule has 114 valence electrons. The molecule has 0 saturated carbocycles. The Morgan fingerprint density at radius 2 is 1.90 bits per heavy atom. The van der Waals surface area contributed by atoms with Crippen LogP contribution in [0.15, 0.2) is 18.3 Å². The third-order valence-corrected chi connectivity index (χ3v) is 2.60. The van der Waals surface area contributed by atoms with Crippen LogP contribution >= 0.6 is 0 Å². The minimum absolute atomic E-state index is 0.0467. The summed E-state index contributed by atoms with van der Waals surface area (Å²) in [5.41, 5.74) is -0.449. The molecule has 0 fully saturated rings. The van der Waals surface area contributed by atoms with E-state index in [1.54, 1.807) is 20.8 Å². The smallest absolute Gasteiger partial charge is 0.337 e. The summed E-state index contributed by atoms with van der Waals surface area (Å²) in [5, 5.41) is 13.9. The maximum atomic E-state index is 11.6. The van der Waals surface area contributed by atoms with E-state index in [9.17, 15) is 14.4 Å². The number of aromatic carboxylic acids is 1. The van der Waals surface area contributed by atoms with Gasteiger partial charge in [-0.05, 0) is 12.1 Å². The van der Waals surface area contributed by atoms with Crippen LogP contribution < -0.4 is 10.6 Å². The SMILES string of the molecule is CC(C)(C)C(=O)NCCC(=O)Nc1ccc(C(=O)O)cn1. The molecule has 1 aromatic rings. The minimum Gasteiger partial charge on any atom is -0.478 e. The fraction of sp³-hybridized carbons (Fsp3) is 0.429. The molecule has 1 rings (SSSR count). The number of amides is 2. The number of anilines is 1. The standard InChI is InChI=1S/C14H19N3O4/c1-14(2,3)13(21)15-7-6-11(18)17-10-5-4-9(8-16-10)12(19)20/h4-5,8H,6-7H2,1-3H3,(H,15,21)(H,19,20)(H,16,17,18). The summed E-state index contributed by atoms with van der Waals surface area (Å²) in [5.74, 6) is -1.24. The summed E-state index contributed by atoms with van der Waals surface area (Å²) in [7, 11) is 0. The first-order chi connectivity index (χ1) is 9.70. The lowest BCUT2D eigenvalue weighted by molar-refractivity contribution is -0.128. The quantitative estimate of drug-likeness (QED) is 0.757. The molecule has 1 aromatic heterocycles. The first-order valence-corrected chi connectivity index (χ1v) is 6.47. The van der Waals surface area contributed by atoms with Gasteiger partial charge in [-0.15, -0.1) is 0 Å². The van der Waals surface area contributed by atoms with Crippen LogP contribution in [0.25, 0.3) is 0 Å². The summed E-state index contributed by atoms with van der Waals surface area (Å²) in [6, 6.07) is 2.77. The number of carbonyl (C=O) groups excluding carboxylic acids is 2. The number of hydrogen-bond acceptors (Lipinski definition) is 4. The molecule has 0 bridgehead atoms. The van der Waals surface area contributed by atoms with Crippen LogP contribution in [-0.2, 0) is 9.59 Å². The molecular weight excluding hydrogens is 274 g/mol. The van der Waals surface area contributed by atoms with Gasteiger partial charge < -0.3 is 15.7 Å². The summed E-state index contributed by atoms with van der Waals surface area (Å²) in [4.78, 5) is 37.7. The minimum atomic E-state index is -1.08. The van der Waals surface area contributed by atoms with E-state index in [1.165, 1.54) is 18.3 Å². The maximum Gasteiger partial charge on any atom is 0.337 e. The summed E-state index contributed by atoms with van der Waals surface area (Å²) in [6.07, 6.45) is 1.28. The number of carboxylic acid groups (broad SMARTS) is 1. The fourth-order valence-corrected chi connectivity index (χ4v) is 1.35. The third kappa shape index (κ3) is 5.60. The van der Waals surface area contributed by atoms with Crippen molar-refractivity contribution in [1.82, 2.24) is 10.3 Å². The van der Waals surface area contributed by atoms with Crippen molar-refractivity contribution in [2.75, 3.05) is 11.9 Å². The van der Waals surface area contributed by atoms with E-state index in [1.807, 2.05) is 0 Å². The lowest BCUT2D eigenvalue weighted by atomic mass is 9.96. The largest absolute Gasteiger partial charge is 0.478 e. The average Bonchev–Trinajstić information content (AvgIpc) is 2.38. The first-order valence-electron chi connectivity index (χ1n) is 6.47. The molecule has 0 spiro atoms. The second-order valence-electron chi connectivity index (χ2n) is 5.54. The maximum absolute atomic E-state index is 11.6. The Hall–Kier alpha value is -2.44. The van der Waals surface area contributed by atoms with Crippen molar-refractivity contribution in [2.45, 2.75) is 27.2 Å². The van der Waals surface area contributed by atoms with Crippen LogP contribution in [-0.4, -0.2) is 34.4 Å². The highest BCUT2D eigenvalue weighted by molar-refractivity contribution is 5.91. The Balaban J connectivity index is 2.40. The van der Waals surface area contributed by atoms with Crippen molar-refractivity contribution in [3.63, 3.8) is 0 Å². The van der Waals surface area contributed by atoms with Crippen LogP contribution in [0.3, 0.4) is 0 Å². The van der Waals surface area contributed by atoms with Gasteiger partial charge >= 0.3 is 5.97 Å². The van der Waals surface area contributed by atoms with Crippen LogP contribution in [0.5, 0.6) is 0 Å². The van der Waals surface area contributed by atoms with Gasteiger partial charge in [-0.25, -0.2) is 9.78 Å². The number of nitrogens with one attached hydrogen (secondary N) is 2. The molecule has 7 nitrogen and oxygen atoms in total. The molecule has 0 aliphatic carbocycles. The van der Waals surface area contributed by atoms with Crippen molar-refractivity contribution in [3.05, 3.63) is 23.9 Å². The average molecular weight is 293 g/mol. The monoisotopic (exact) mass is 293 g/mol. The van der Waals surface area contributed by atoms with E-state index in [-0.39, 0.29) is 36.2 Å². The molecule has 0 aromatic carbocycles. The topological polar surface area (TPSA) is 108 Å². The van der Waals surface area contributed by atoms with E-state index in [0.717, 1.165) is 0 Å². The van der Waals surface area contributed by atoms with Crippen molar-refractivity contribution >= 4 is 23.6 Å². The molecule has 3 N–H and O–H groups in total. The highest BCUT2D eigenvalue weighted by Gasteiger charge is 2.20. The fourth-order valence-electron chi connectivity index (χ4n) is 1.35. The molecule has 0 aliphatic heterocycles. The highest BCUT2D eigenvalue weighted by Crippen LogP contribution is 2.12. The lowest BCUT2D eigenvalue weighted by Gasteiger charge is -2.17. The molecule has 0 radical (unpaired) electrons. The Bertz CT molecular complexity index is 532. The molecule has 0 saturated heterocycles. The van der Waals surface area contributed by atoms with Gasteiger partial charge in [-0.3, -0.25) is 9.59 Å². The van der Waals surface area contributed by atoms with E-state index >= 15 is 0 Å². The van der Waals surface area contributed by atoms with Crippen molar-refractivity contribution in [3.8, 4) is 0 Å². The number of nitrogens with zero attached hydrogens (tertiary/aromatic N) is 1. The second-order valence-corrected chi connectivity index (χ2v) is 5.54. The molecule has 0 atom stereocenters. The van der Waals surface area contributed by atoms with Gasteiger partial charge in [0, 0.05) is 24.6 Å². The molecule has 0 aliphatic rings. The zero-order chi connectivity index (χ0) is 16.0. The normalized spacial score (nSPS) is 10.8. The number of carboxylic acids is 1. The zero-order valence-corrected chi connectivity index (χ0v) is 12.3. The van der Waals surface area contributed by atoms with E-state index in [2.05, 4.69) is 15.6 Å². The third-order valence-electron chi connectivity index (χ3n) is 2.60. The van der Waals surface area contributed by atoms with Crippen LogP contribution in [0.2, 0.25) is 0 Å². The van der Waals surface area contributed by atoms with Gasteiger partial charge in [-0.1, -0.05) is 20.8 Å². The van der Waals surface area contributed by atoms with Crippen molar-refractivity contribution < 1.29 is 19.5 Å². The molecule has 7 heteroatoms. The van der Waals surface area contributed by atoms with Gasteiger partial charge in [0.05, 0.1) is 5.56 Å². The van der Waals surface area contributed by atoms with Gasteiger partial charge in [0.2, 0.25) is 11.8 Å². The molecule has 2 amide bonds. The molecule has 1 heterocycles. The predicted octanol–water partition coefficient (Wildman–Crippen LogP) is 1.27. The number of carbonyl (C=O) groups is 3. The lowest BCUT2D eigenvalue weighted by Crippen LogP contribution is -2.36. The summed E-state index contributed by atoms with van der Waals surface area (Å²) >= 11 is 0. The van der Waals surface area contributed by atoms with E-state index in [4.69, 9.17) is 5.11 Å². The zero-order valence-electron chi connectivity index (χ0n) is 12.3. The second kappa shape index (κ2) is 6.83. The van der Waals surface area contributed by atoms with E-state index < -0.39 is 11.4 Å². The van der Waals surface area contributed by atoms with Gasteiger partial charge in [0.1, 0.15) is 5.82 Å². The van der Waals surface area contributed by atoms with Crippen LogP contribution in [0.1, 0.15) is 37.6 Å². The van der Waals surface area contributed by atoms with Crippen molar-refractivity contribution in [2.24, 2.45) is 5.41 Å². The van der Waals surface area contributed by atoms with Gasteiger partial charge in [0.25, 0.3) is 0 Å². The summed E-state index contributed by atoms with van der Waals surface area (Å²) in [6.45, 7) is 5.60. The first kappa shape index (κ1) is 16.6. The summed E-state index contributed by atoms with van der Waals surface area (Å²) < 4.78 is 0. The molecule has 0 unspecified atom stereocenters. The predicted molar refractivity (Wildman–Crippen MR) is 76.9 cm³/mol. The Morgan fingerprint density at radius 1 is 1.24 bits per heavy atom. The highest BCUT2D eigenvalue weighted by atomic mass is 16.4. The number of aromatic nitrogens is 1. The van der Waals surface area contributed by atoms with Crippen LogP contribution in [0.4, 0.5) is 5.82 Å². The van der Waals surface area contributed by atoms with Crippen LogP contribution in [0, 0.1) is 5.41 Å². The molecule has 21 heavy (non-hydrogen) atoms. The number of hydrogen-bond donors (Lipinski definition) is 3.